The zero-order valence-corrected chi connectivity index (χ0v) is 10.8. The molecular weight excluding hydrogens is 214 g/mol. The van der Waals surface area contributed by atoms with E-state index in [-0.39, 0.29) is 6.61 Å². The van der Waals surface area contributed by atoms with Gasteiger partial charge in [0.2, 0.25) is 0 Å². The van der Waals surface area contributed by atoms with Crippen LogP contribution in [-0.2, 0) is 6.54 Å². The first-order chi connectivity index (χ1) is 8.33. The molecule has 0 aromatic carbocycles. The van der Waals surface area contributed by atoms with E-state index in [1.54, 1.807) is 0 Å². The highest BCUT2D eigenvalue weighted by atomic mass is 16.3. The summed E-state index contributed by atoms with van der Waals surface area (Å²) in [5, 5.41) is 12.3. The lowest BCUT2D eigenvalue weighted by Gasteiger charge is -2.25. The minimum atomic E-state index is 0.166. The van der Waals surface area contributed by atoms with Crippen molar-refractivity contribution in [3.05, 3.63) is 23.9 Å². The molecule has 0 atom stereocenters. The van der Waals surface area contributed by atoms with Crippen LogP contribution in [0.3, 0.4) is 0 Å². The maximum Gasteiger partial charge on any atom is 0.133 e. The van der Waals surface area contributed by atoms with Gasteiger partial charge >= 0.3 is 0 Å². The molecule has 1 heterocycles. The molecule has 0 aliphatic rings. The van der Waals surface area contributed by atoms with Crippen molar-refractivity contribution in [2.24, 2.45) is 0 Å². The van der Waals surface area contributed by atoms with Gasteiger partial charge in [0.1, 0.15) is 5.82 Å². The first-order valence-electron chi connectivity index (χ1n) is 6.27. The first-order valence-corrected chi connectivity index (χ1v) is 6.27. The fraction of sp³-hybridized carbons (Fsp3) is 0.615. The Morgan fingerprint density at radius 2 is 2.24 bits per heavy atom. The van der Waals surface area contributed by atoms with Crippen LogP contribution in [0.15, 0.2) is 18.3 Å². The minimum absolute atomic E-state index is 0.166. The van der Waals surface area contributed by atoms with Gasteiger partial charge < -0.3 is 15.3 Å². The molecule has 0 aliphatic carbocycles. The predicted octanol–water partition coefficient (Wildman–Crippen LogP) is 1.40. The number of nitrogens with zero attached hydrogens (tertiary/aromatic N) is 2. The number of hydrogen-bond acceptors (Lipinski definition) is 4. The van der Waals surface area contributed by atoms with Gasteiger partial charge in [-0.1, -0.05) is 19.4 Å². The summed E-state index contributed by atoms with van der Waals surface area (Å²) in [7, 11) is 1.93. The summed E-state index contributed by atoms with van der Waals surface area (Å²) in [4.78, 5) is 6.61. The van der Waals surface area contributed by atoms with Crippen molar-refractivity contribution in [2.75, 3.05) is 31.6 Å². The number of aliphatic hydroxyl groups is 1. The van der Waals surface area contributed by atoms with Crippen LogP contribution in [0, 0.1) is 0 Å². The number of hydrogen-bond donors (Lipinski definition) is 2. The second kappa shape index (κ2) is 8.03. The molecular formula is C13H23N3O. The predicted molar refractivity (Wildman–Crippen MR) is 71.2 cm³/mol. The molecule has 2 N–H and O–H groups in total. The Hall–Kier alpha value is -1.13. The normalized spacial score (nSPS) is 10.5. The number of aliphatic hydroxyl groups excluding tert-OH is 1. The third kappa shape index (κ3) is 4.32. The Morgan fingerprint density at radius 3 is 2.88 bits per heavy atom. The molecule has 4 nitrogen and oxygen atoms in total. The minimum Gasteiger partial charge on any atom is -0.395 e. The van der Waals surface area contributed by atoms with Crippen LogP contribution in [0.4, 0.5) is 5.82 Å². The summed E-state index contributed by atoms with van der Waals surface area (Å²) < 4.78 is 0. The molecule has 1 aromatic heterocycles. The number of unbranched alkanes of at least 4 members (excludes halogenated alkanes) is 1. The monoisotopic (exact) mass is 237 g/mol. The maximum absolute atomic E-state index is 9.13. The highest BCUT2D eigenvalue weighted by Crippen LogP contribution is 2.17. The molecule has 1 aromatic rings. The van der Waals surface area contributed by atoms with E-state index >= 15 is 0 Å². The molecule has 0 radical (unpaired) electrons. The van der Waals surface area contributed by atoms with E-state index in [2.05, 4.69) is 28.2 Å². The van der Waals surface area contributed by atoms with Crippen LogP contribution < -0.4 is 10.2 Å². The quantitative estimate of drug-likeness (QED) is 0.717. The van der Waals surface area contributed by atoms with Crippen LogP contribution in [-0.4, -0.2) is 36.8 Å². The lowest BCUT2D eigenvalue weighted by atomic mass is 10.2. The highest BCUT2D eigenvalue weighted by Gasteiger charge is 2.10. The van der Waals surface area contributed by atoms with Crippen molar-refractivity contribution in [2.45, 2.75) is 26.3 Å². The number of anilines is 1. The van der Waals surface area contributed by atoms with E-state index < -0.39 is 0 Å². The van der Waals surface area contributed by atoms with E-state index in [0.29, 0.717) is 6.54 Å². The summed E-state index contributed by atoms with van der Waals surface area (Å²) in [6.45, 7) is 4.74. The molecule has 0 aliphatic heterocycles. The summed E-state index contributed by atoms with van der Waals surface area (Å²) in [6.07, 6.45) is 4.08. The smallest absolute Gasteiger partial charge is 0.133 e. The SMILES string of the molecule is CCCCN(CCO)c1ncccc1CNC. The fourth-order valence-electron chi connectivity index (χ4n) is 1.84. The van der Waals surface area contributed by atoms with Gasteiger partial charge in [-0.25, -0.2) is 4.98 Å². The Kier molecular flexibility index (Phi) is 6.58. The molecule has 1 rings (SSSR count). The Balaban J connectivity index is 2.83. The molecule has 0 saturated heterocycles. The molecule has 96 valence electrons. The van der Waals surface area contributed by atoms with Crippen molar-refractivity contribution < 1.29 is 5.11 Å². The Morgan fingerprint density at radius 1 is 1.41 bits per heavy atom. The van der Waals surface area contributed by atoms with Crippen LogP contribution in [0.25, 0.3) is 0 Å². The third-order valence-corrected chi connectivity index (χ3v) is 2.69. The fourth-order valence-corrected chi connectivity index (χ4v) is 1.84. The highest BCUT2D eigenvalue weighted by molar-refractivity contribution is 5.46. The summed E-state index contributed by atoms with van der Waals surface area (Å²) in [6, 6.07) is 4.03. The molecule has 0 spiro atoms. The summed E-state index contributed by atoms with van der Waals surface area (Å²) in [5.74, 6) is 0.990. The van der Waals surface area contributed by atoms with Crippen LogP contribution >= 0.6 is 0 Å². The lowest BCUT2D eigenvalue weighted by Crippen LogP contribution is -2.30. The van der Waals surface area contributed by atoms with Gasteiger partial charge in [-0.2, -0.15) is 0 Å². The molecule has 0 bridgehead atoms. The summed E-state index contributed by atoms with van der Waals surface area (Å²) >= 11 is 0. The van der Waals surface area contributed by atoms with Gasteiger partial charge in [0.05, 0.1) is 6.61 Å². The van der Waals surface area contributed by atoms with Crippen LogP contribution in [0.5, 0.6) is 0 Å². The van der Waals surface area contributed by atoms with Gasteiger partial charge in [0.25, 0.3) is 0 Å². The molecule has 0 saturated carbocycles. The average molecular weight is 237 g/mol. The van der Waals surface area contributed by atoms with Crippen LogP contribution in [0.1, 0.15) is 25.3 Å². The standard InChI is InChI=1S/C13H23N3O/c1-3-4-8-16(9-10-17)13-12(11-14-2)6-5-7-15-13/h5-7,14,17H,3-4,8-11H2,1-2H3. The second-order valence-electron chi connectivity index (χ2n) is 4.08. The topological polar surface area (TPSA) is 48.4 Å². The zero-order chi connectivity index (χ0) is 12.5. The van der Waals surface area contributed by atoms with Crippen LogP contribution in [0.2, 0.25) is 0 Å². The molecule has 0 fully saturated rings. The number of nitrogens with one attached hydrogen (secondary N) is 1. The van der Waals surface area contributed by atoms with E-state index in [9.17, 15) is 0 Å². The van der Waals surface area contributed by atoms with Crippen molar-refractivity contribution >= 4 is 5.82 Å². The maximum atomic E-state index is 9.13. The van der Waals surface area contributed by atoms with Crippen molar-refractivity contribution in [3.63, 3.8) is 0 Å². The molecule has 0 unspecified atom stereocenters. The van der Waals surface area contributed by atoms with Gasteiger partial charge in [-0.3, -0.25) is 0 Å². The number of pyridine rings is 1. The van der Waals surface area contributed by atoms with Crippen molar-refractivity contribution in [3.8, 4) is 0 Å². The first kappa shape index (κ1) is 13.9. The average Bonchev–Trinajstić information content (AvgIpc) is 2.36. The van der Waals surface area contributed by atoms with E-state index in [0.717, 1.165) is 31.7 Å². The Bertz CT molecular complexity index is 317. The Labute approximate surface area is 104 Å². The van der Waals surface area contributed by atoms with Crippen molar-refractivity contribution in [1.29, 1.82) is 0 Å². The van der Waals surface area contributed by atoms with Crippen molar-refractivity contribution in [1.82, 2.24) is 10.3 Å². The number of aromatic nitrogens is 1. The largest absolute Gasteiger partial charge is 0.395 e. The zero-order valence-electron chi connectivity index (χ0n) is 10.8. The molecule has 17 heavy (non-hydrogen) atoms. The molecule has 4 heteroatoms. The van der Waals surface area contributed by atoms with Gasteiger partial charge in [0.15, 0.2) is 0 Å². The van der Waals surface area contributed by atoms with E-state index in [1.807, 2.05) is 19.3 Å². The van der Waals surface area contributed by atoms with E-state index in [1.165, 1.54) is 5.56 Å². The van der Waals surface area contributed by atoms with E-state index in [4.69, 9.17) is 5.11 Å². The summed E-state index contributed by atoms with van der Waals surface area (Å²) in [5.41, 5.74) is 1.18. The second-order valence-corrected chi connectivity index (χ2v) is 4.08. The third-order valence-electron chi connectivity index (χ3n) is 2.69. The lowest BCUT2D eigenvalue weighted by molar-refractivity contribution is 0.301. The number of rotatable bonds is 8. The van der Waals surface area contributed by atoms with Gasteiger partial charge in [-0.05, 0) is 19.5 Å². The van der Waals surface area contributed by atoms with Gasteiger partial charge in [-0.15, -0.1) is 0 Å². The molecule has 0 amide bonds. The van der Waals surface area contributed by atoms with Gasteiger partial charge in [0, 0.05) is 31.4 Å².